The van der Waals surface area contributed by atoms with Crippen molar-refractivity contribution >= 4 is 39.1 Å². The molecule has 0 aromatic heterocycles. The third kappa shape index (κ3) is 5.78. The Hall–Kier alpha value is -3.84. The molecule has 202 valence electrons. The Bertz CT molecular complexity index is 1440. The molecule has 10 heteroatoms. The molecule has 0 spiro atoms. The van der Waals surface area contributed by atoms with E-state index < -0.39 is 22.7 Å². The SMILES string of the molecule is CCCC1CC(=O)C2=C(C1)N=C(C)C(C#N)C2c1cc(Br)c(OCc2cccc([N+](=O)[O-])c2)c(C(=O)OC)c1. The highest BCUT2D eigenvalue weighted by atomic mass is 79.9. The highest BCUT2D eigenvalue weighted by molar-refractivity contribution is 9.10. The number of esters is 1. The number of rotatable bonds is 8. The number of Topliss-reactive ketones (excluding diaryl/α,β-unsaturated/α-hetero) is 1. The molecule has 9 nitrogen and oxygen atoms in total. The Labute approximate surface area is 234 Å². The van der Waals surface area contributed by atoms with E-state index in [9.17, 15) is 25.0 Å². The predicted molar refractivity (Wildman–Crippen MR) is 148 cm³/mol. The standard InChI is InChI=1S/C29H28BrN3O6/c1-4-6-17-10-24-27(25(34)11-17)26(22(14-31)16(2)32-24)19-12-21(29(35)38-3)28(23(30)13-19)39-15-18-7-5-8-20(9-18)33(36)37/h5,7-9,12-13,17,22,26H,4,6,10-11,15H2,1-3H3. The van der Waals surface area contributed by atoms with E-state index in [-0.39, 0.29) is 35.3 Å². The van der Waals surface area contributed by atoms with Gasteiger partial charge in [0.25, 0.3) is 5.69 Å². The third-order valence-electron chi connectivity index (χ3n) is 7.14. The number of nitro groups is 1. The summed E-state index contributed by atoms with van der Waals surface area (Å²) in [7, 11) is 1.25. The van der Waals surface area contributed by atoms with Crippen molar-refractivity contribution in [3.8, 4) is 11.8 Å². The lowest BCUT2D eigenvalue weighted by molar-refractivity contribution is -0.384. The van der Waals surface area contributed by atoms with Crippen molar-refractivity contribution < 1.29 is 24.0 Å². The van der Waals surface area contributed by atoms with Crippen LogP contribution in [0.25, 0.3) is 0 Å². The molecule has 0 bridgehead atoms. The lowest BCUT2D eigenvalue weighted by atomic mass is 9.70. The number of nitriles is 1. The molecule has 0 saturated carbocycles. The zero-order chi connectivity index (χ0) is 28.3. The molecule has 2 aromatic rings. The molecule has 3 unspecified atom stereocenters. The maximum absolute atomic E-state index is 13.4. The molecular weight excluding hydrogens is 566 g/mol. The fourth-order valence-electron chi connectivity index (χ4n) is 5.39. The second-order valence-electron chi connectivity index (χ2n) is 9.77. The Kier molecular flexibility index (Phi) is 8.60. The zero-order valence-electron chi connectivity index (χ0n) is 21.9. The summed E-state index contributed by atoms with van der Waals surface area (Å²) in [6.07, 6.45) is 2.99. The van der Waals surface area contributed by atoms with Gasteiger partial charge in [-0.3, -0.25) is 19.9 Å². The number of non-ortho nitro benzene ring substituents is 1. The Morgan fingerprint density at radius 1 is 1.28 bits per heavy atom. The van der Waals surface area contributed by atoms with Crippen molar-refractivity contribution in [2.45, 2.75) is 52.1 Å². The van der Waals surface area contributed by atoms with Crippen LogP contribution in [0.5, 0.6) is 5.75 Å². The molecule has 2 aromatic carbocycles. The van der Waals surface area contributed by atoms with Crippen LogP contribution in [-0.4, -0.2) is 29.5 Å². The van der Waals surface area contributed by atoms with Crippen molar-refractivity contribution in [1.29, 1.82) is 5.26 Å². The largest absolute Gasteiger partial charge is 0.487 e. The number of hydrogen-bond donors (Lipinski definition) is 0. The molecule has 39 heavy (non-hydrogen) atoms. The third-order valence-corrected chi connectivity index (χ3v) is 7.73. The van der Waals surface area contributed by atoms with Crippen molar-refractivity contribution in [2.75, 3.05) is 7.11 Å². The van der Waals surface area contributed by atoms with E-state index in [0.717, 1.165) is 18.5 Å². The number of allylic oxidation sites excluding steroid dienone is 2. The normalized spacial score (nSPS) is 20.5. The van der Waals surface area contributed by atoms with Gasteiger partial charge in [-0.05, 0) is 64.9 Å². The monoisotopic (exact) mass is 593 g/mol. The number of methoxy groups -OCH3 is 1. The lowest BCUT2D eigenvalue weighted by Crippen LogP contribution is -2.33. The average molecular weight is 594 g/mol. The van der Waals surface area contributed by atoms with E-state index in [1.807, 2.05) is 0 Å². The molecule has 0 amide bonds. The second kappa shape index (κ2) is 11.9. The van der Waals surface area contributed by atoms with Crippen molar-refractivity contribution in [3.63, 3.8) is 0 Å². The molecule has 3 atom stereocenters. The van der Waals surface area contributed by atoms with Gasteiger partial charge in [0.15, 0.2) is 5.78 Å². The minimum Gasteiger partial charge on any atom is -0.487 e. The summed E-state index contributed by atoms with van der Waals surface area (Å²) in [6, 6.07) is 11.7. The van der Waals surface area contributed by atoms with Crippen LogP contribution in [0.2, 0.25) is 0 Å². The van der Waals surface area contributed by atoms with Gasteiger partial charge in [-0.1, -0.05) is 25.5 Å². The average Bonchev–Trinajstić information content (AvgIpc) is 2.91. The van der Waals surface area contributed by atoms with E-state index in [4.69, 9.17) is 9.47 Å². The van der Waals surface area contributed by atoms with Crippen LogP contribution in [0.15, 0.2) is 57.1 Å². The fraction of sp³-hybridized carbons (Fsp3) is 0.379. The maximum atomic E-state index is 13.4. The van der Waals surface area contributed by atoms with Gasteiger partial charge in [0.05, 0.1) is 28.5 Å². The van der Waals surface area contributed by atoms with Gasteiger partial charge in [-0.25, -0.2) is 4.79 Å². The topological polar surface area (TPSA) is 132 Å². The van der Waals surface area contributed by atoms with Gasteiger partial charge in [0.2, 0.25) is 0 Å². The molecule has 1 heterocycles. The highest BCUT2D eigenvalue weighted by Crippen LogP contribution is 2.46. The molecular formula is C29H28BrN3O6. The summed E-state index contributed by atoms with van der Waals surface area (Å²) in [5.41, 5.74) is 3.07. The number of aliphatic imine (C=N–C) groups is 1. The van der Waals surface area contributed by atoms with Gasteiger partial charge in [0.1, 0.15) is 17.9 Å². The highest BCUT2D eigenvalue weighted by Gasteiger charge is 2.41. The zero-order valence-corrected chi connectivity index (χ0v) is 23.5. The Morgan fingerprint density at radius 3 is 2.72 bits per heavy atom. The number of ether oxygens (including phenoxy) is 2. The molecule has 4 rings (SSSR count). The molecule has 1 aliphatic carbocycles. The van der Waals surface area contributed by atoms with Crippen LogP contribution < -0.4 is 4.74 Å². The van der Waals surface area contributed by atoms with E-state index in [1.54, 1.807) is 31.2 Å². The van der Waals surface area contributed by atoms with Crippen molar-refractivity contribution in [1.82, 2.24) is 0 Å². The summed E-state index contributed by atoms with van der Waals surface area (Å²) in [6.45, 7) is 3.85. The quantitative estimate of drug-likeness (QED) is 0.195. The first-order valence-corrected chi connectivity index (χ1v) is 13.5. The minimum atomic E-state index is -0.676. The van der Waals surface area contributed by atoms with Gasteiger partial charge in [-0.2, -0.15) is 5.26 Å². The Balaban J connectivity index is 1.76. The fourth-order valence-corrected chi connectivity index (χ4v) is 5.99. The molecule has 0 fully saturated rings. The van der Waals surface area contributed by atoms with Crippen LogP contribution in [0.3, 0.4) is 0 Å². The number of nitro benzene ring substituents is 1. The summed E-state index contributed by atoms with van der Waals surface area (Å²) in [5.74, 6) is -1.53. The lowest BCUT2D eigenvalue weighted by Gasteiger charge is -2.35. The minimum absolute atomic E-state index is 0.0158. The number of nitrogens with zero attached hydrogens (tertiary/aromatic N) is 3. The number of ketones is 1. The molecule has 1 aliphatic heterocycles. The maximum Gasteiger partial charge on any atom is 0.341 e. The van der Waals surface area contributed by atoms with E-state index >= 15 is 0 Å². The number of carbonyl (C=O) groups is 2. The van der Waals surface area contributed by atoms with E-state index in [2.05, 4.69) is 33.9 Å². The van der Waals surface area contributed by atoms with Gasteiger partial charge >= 0.3 is 5.97 Å². The molecule has 0 N–H and O–H groups in total. The van der Waals surface area contributed by atoms with E-state index in [1.165, 1.54) is 19.2 Å². The van der Waals surface area contributed by atoms with Gasteiger partial charge < -0.3 is 9.47 Å². The first kappa shape index (κ1) is 28.2. The van der Waals surface area contributed by atoms with Crippen molar-refractivity contribution in [3.05, 3.63) is 78.9 Å². The summed E-state index contributed by atoms with van der Waals surface area (Å²) >= 11 is 3.51. The van der Waals surface area contributed by atoms with Crippen LogP contribution in [0.4, 0.5) is 5.69 Å². The van der Waals surface area contributed by atoms with E-state index in [0.29, 0.717) is 39.7 Å². The first-order valence-electron chi connectivity index (χ1n) is 12.7. The molecule has 2 aliphatic rings. The summed E-state index contributed by atoms with van der Waals surface area (Å²) in [4.78, 5) is 41.6. The summed E-state index contributed by atoms with van der Waals surface area (Å²) < 4.78 is 11.4. The van der Waals surface area contributed by atoms with Crippen LogP contribution >= 0.6 is 15.9 Å². The Morgan fingerprint density at radius 2 is 2.05 bits per heavy atom. The van der Waals surface area contributed by atoms with Crippen LogP contribution in [0.1, 0.15) is 66.9 Å². The van der Waals surface area contributed by atoms with Crippen LogP contribution in [0, 0.1) is 33.3 Å². The number of benzene rings is 2. The number of halogens is 1. The van der Waals surface area contributed by atoms with Gasteiger partial charge in [-0.15, -0.1) is 0 Å². The predicted octanol–water partition coefficient (Wildman–Crippen LogP) is 6.45. The number of carbonyl (C=O) groups excluding carboxylic acids is 2. The summed E-state index contributed by atoms with van der Waals surface area (Å²) in [5, 5.41) is 21.2. The molecule has 0 saturated heterocycles. The first-order chi connectivity index (χ1) is 18.7. The van der Waals surface area contributed by atoms with Gasteiger partial charge in [0, 0.05) is 41.5 Å². The second-order valence-corrected chi connectivity index (χ2v) is 10.6. The van der Waals surface area contributed by atoms with Crippen LogP contribution in [-0.2, 0) is 16.1 Å². The molecule has 0 radical (unpaired) electrons. The smallest absolute Gasteiger partial charge is 0.341 e. The van der Waals surface area contributed by atoms with Crippen molar-refractivity contribution in [2.24, 2.45) is 16.8 Å². The number of hydrogen-bond acceptors (Lipinski definition) is 8.